The molecule has 0 unspecified atom stereocenters. The molecular formula is C54H26F3N7. The molecule has 0 aliphatic heterocycles. The number of nitrogens with zero attached hydrogens (tertiary/aromatic N) is 7. The molecule has 0 aliphatic carbocycles. The van der Waals surface area contributed by atoms with Crippen molar-refractivity contribution in [2.24, 2.45) is 0 Å². The molecule has 0 radical (unpaired) electrons. The van der Waals surface area contributed by atoms with Gasteiger partial charge in [-0.25, -0.2) is 9.69 Å². The first-order valence-electron chi connectivity index (χ1n) is 19.8. The van der Waals surface area contributed by atoms with Crippen LogP contribution in [0.25, 0.3) is 98.1 Å². The van der Waals surface area contributed by atoms with E-state index >= 15 is 13.2 Å². The maximum atomic E-state index is 16.6. The molecule has 0 fully saturated rings. The zero-order valence-corrected chi connectivity index (χ0v) is 33.3. The van der Waals surface area contributed by atoms with Gasteiger partial charge in [0.1, 0.15) is 5.56 Å². The third-order valence-corrected chi connectivity index (χ3v) is 11.7. The van der Waals surface area contributed by atoms with Gasteiger partial charge in [-0.1, -0.05) is 91.0 Å². The second-order valence-corrected chi connectivity index (χ2v) is 15.2. The highest BCUT2D eigenvalue weighted by atomic mass is 19.4. The third kappa shape index (κ3) is 6.17. The van der Waals surface area contributed by atoms with Crippen molar-refractivity contribution in [3.05, 3.63) is 203 Å². The highest BCUT2D eigenvalue weighted by Crippen LogP contribution is 2.47. The highest BCUT2D eigenvalue weighted by Gasteiger charge is 2.39. The number of hydrogen-bond donors (Lipinski definition) is 0. The number of para-hydroxylation sites is 2. The van der Waals surface area contributed by atoms with Crippen molar-refractivity contribution in [3.8, 4) is 63.0 Å². The van der Waals surface area contributed by atoms with Crippen LogP contribution in [0.2, 0.25) is 0 Å². The average molecular weight is 830 g/mol. The Bertz CT molecular complexity index is 3640. The standard InChI is InChI=1S/C54H26F3N7/c1-61-39-17-21-40(38(24-39)31-60)35-15-19-44-42-10-3-5-12-47(42)63(49(44)25-35)51-27-37(34-9-7-8-32(22-34)29-58)28-52(53(51)54(55,56)57)64-48-13-6-4-11-43(48)45-20-16-36(26-50(45)64)41-18-14-33(30-59)23-46(41)62-2/h3-28H. The Morgan fingerprint density at radius 1 is 0.453 bits per heavy atom. The summed E-state index contributed by atoms with van der Waals surface area (Å²) < 4.78 is 53.0. The van der Waals surface area contributed by atoms with Gasteiger partial charge in [0.25, 0.3) is 0 Å². The maximum absolute atomic E-state index is 16.6. The molecule has 0 N–H and O–H groups in total. The first-order valence-corrected chi connectivity index (χ1v) is 19.8. The molecule has 0 bridgehead atoms. The topological polar surface area (TPSA) is 89.9 Å². The van der Waals surface area contributed by atoms with Gasteiger partial charge in [-0.05, 0) is 100 Å². The summed E-state index contributed by atoms with van der Waals surface area (Å²) in [6.45, 7) is 15.4. The summed E-state index contributed by atoms with van der Waals surface area (Å²) in [5, 5.41) is 32.4. The van der Waals surface area contributed by atoms with Gasteiger partial charge in [0.05, 0.1) is 70.4 Å². The lowest BCUT2D eigenvalue weighted by Crippen LogP contribution is -2.16. The predicted octanol–water partition coefficient (Wildman–Crippen LogP) is 14.6. The summed E-state index contributed by atoms with van der Waals surface area (Å²) >= 11 is 0. The van der Waals surface area contributed by atoms with Crippen LogP contribution in [0.5, 0.6) is 0 Å². The molecule has 0 spiro atoms. The van der Waals surface area contributed by atoms with Crippen molar-refractivity contribution in [1.82, 2.24) is 9.13 Å². The minimum absolute atomic E-state index is 0.167. The Morgan fingerprint density at radius 2 is 1.02 bits per heavy atom. The number of nitriles is 3. The molecule has 0 amide bonds. The quantitative estimate of drug-likeness (QED) is 0.162. The summed E-state index contributed by atoms with van der Waals surface area (Å²) in [4.78, 5) is 7.16. The Balaban J connectivity index is 1.36. The molecule has 0 aliphatic rings. The molecule has 0 saturated heterocycles. The van der Waals surface area contributed by atoms with Crippen LogP contribution in [0, 0.1) is 47.1 Å². The molecule has 0 saturated carbocycles. The molecule has 10 heteroatoms. The molecule has 8 aromatic carbocycles. The van der Waals surface area contributed by atoms with Crippen LogP contribution >= 0.6 is 0 Å². The van der Waals surface area contributed by atoms with Gasteiger partial charge in [-0.3, -0.25) is 0 Å². The maximum Gasteiger partial charge on any atom is 0.420 e. The van der Waals surface area contributed by atoms with E-state index in [1.165, 1.54) is 24.3 Å². The van der Waals surface area contributed by atoms with Gasteiger partial charge in [-0.15, -0.1) is 0 Å². The Labute approximate surface area is 363 Å². The molecule has 298 valence electrons. The smallest absolute Gasteiger partial charge is 0.309 e. The molecule has 10 rings (SSSR count). The van der Waals surface area contributed by atoms with Crippen molar-refractivity contribution in [2.75, 3.05) is 0 Å². The minimum atomic E-state index is -4.95. The summed E-state index contributed by atoms with van der Waals surface area (Å²) in [6, 6.07) is 51.2. The number of halogens is 3. The van der Waals surface area contributed by atoms with Gasteiger partial charge in [0, 0.05) is 32.7 Å². The Morgan fingerprint density at radius 3 is 1.58 bits per heavy atom. The van der Waals surface area contributed by atoms with Crippen LogP contribution in [0.4, 0.5) is 24.5 Å². The van der Waals surface area contributed by atoms with Gasteiger partial charge in [-0.2, -0.15) is 29.0 Å². The van der Waals surface area contributed by atoms with Gasteiger partial charge in [0.2, 0.25) is 0 Å². The average Bonchev–Trinajstić information content (AvgIpc) is 3.84. The van der Waals surface area contributed by atoms with E-state index in [9.17, 15) is 15.8 Å². The van der Waals surface area contributed by atoms with Crippen molar-refractivity contribution in [2.45, 2.75) is 6.18 Å². The van der Waals surface area contributed by atoms with Crippen molar-refractivity contribution in [1.29, 1.82) is 15.8 Å². The number of benzene rings is 8. The zero-order chi connectivity index (χ0) is 44.3. The first kappa shape index (κ1) is 38.8. The second kappa shape index (κ2) is 14.9. The van der Waals surface area contributed by atoms with Crippen LogP contribution < -0.4 is 0 Å². The summed E-state index contributed by atoms with van der Waals surface area (Å²) in [5.41, 5.74) is 5.23. The minimum Gasteiger partial charge on any atom is -0.309 e. The highest BCUT2D eigenvalue weighted by molar-refractivity contribution is 6.12. The van der Waals surface area contributed by atoms with E-state index in [1.807, 2.05) is 48.5 Å². The summed E-state index contributed by atoms with van der Waals surface area (Å²) in [6.07, 6.45) is -4.95. The molecule has 10 aromatic rings. The van der Waals surface area contributed by atoms with Crippen molar-refractivity contribution >= 4 is 55.0 Å². The third-order valence-electron chi connectivity index (χ3n) is 11.7. The van der Waals surface area contributed by atoms with Crippen LogP contribution in [0.3, 0.4) is 0 Å². The first-order chi connectivity index (χ1) is 31.1. The molecule has 2 aromatic heterocycles. The van der Waals surface area contributed by atoms with E-state index in [-0.39, 0.29) is 28.3 Å². The number of alkyl halides is 3. The van der Waals surface area contributed by atoms with Crippen LogP contribution in [-0.2, 0) is 6.18 Å². The predicted molar refractivity (Wildman–Crippen MR) is 243 cm³/mol. The van der Waals surface area contributed by atoms with Crippen LogP contribution in [-0.4, -0.2) is 9.13 Å². The SMILES string of the molecule is [C-]#[N+]c1ccc(-c2ccc3c4ccccc4n(-c4cc(-c5cccc(C#N)c5)cc(-n5c6ccccc6c6ccc(-c7ccc(C#N)cc7[N+]#[C-])cc65)c4C(F)(F)F)c3c2)c(C#N)c1. The molecular weight excluding hydrogens is 804 g/mol. The fourth-order valence-corrected chi connectivity index (χ4v) is 8.87. The fraction of sp³-hybridized carbons (Fsp3) is 0.0185. The van der Waals surface area contributed by atoms with E-state index in [1.54, 1.807) is 94.1 Å². The molecule has 64 heavy (non-hydrogen) atoms. The van der Waals surface area contributed by atoms with Crippen LogP contribution in [0.1, 0.15) is 22.3 Å². The van der Waals surface area contributed by atoms with Gasteiger partial charge < -0.3 is 9.13 Å². The summed E-state index contributed by atoms with van der Waals surface area (Å²) in [5.74, 6) is 0. The molecule has 7 nitrogen and oxygen atoms in total. The number of rotatable bonds is 5. The second-order valence-electron chi connectivity index (χ2n) is 15.2. The van der Waals surface area contributed by atoms with E-state index in [0.717, 1.165) is 0 Å². The molecule has 0 atom stereocenters. The van der Waals surface area contributed by atoms with Crippen molar-refractivity contribution in [3.63, 3.8) is 0 Å². The van der Waals surface area contributed by atoms with E-state index in [4.69, 9.17) is 13.1 Å². The number of aromatic nitrogens is 2. The summed E-state index contributed by atoms with van der Waals surface area (Å²) in [7, 11) is 0. The Kier molecular flexibility index (Phi) is 9.06. The van der Waals surface area contributed by atoms with E-state index in [0.29, 0.717) is 88.1 Å². The van der Waals surface area contributed by atoms with Crippen LogP contribution in [0.15, 0.2) is 158 Å². The Hall–Kier alpha value is -9.40. The van der Waals surface area contributed by atoms with E-state index < -0.39 is 11.7 Å². The van der Waals surface area contributed by atoms with Gasteiger partial charge >= 0.3 is 6.18 Å². The van der Waals surface area contributed by atoms with Crippen molar-refractivity contribution < 1.29 is 13.2 Å². The lowest BCUT2D eigenvalue weighted by atomic mass is 9.97. The normalized spacial score (nSPS) is 11.3. The monoisotopic (exact) mass is 829 g/mol. The molecule has 2 heterocycles. The zero-order valence-electron chi connectivity index (χ0n) is 33.3. The van der Waals surface area contributed by atoms with E-state index in [2.05, 4.69) is 27.9 Å². The number of hydrogen-bond acceptors (Lipinski definition) is 3. The number of fused-ring (bicyclic) bond motifs is 6. The lowest BCUT2D eigenvalue weighted by Gasteiger charge is -2.23. The lowest BCUT2D eigenvalue weighted by molar-refractivity contribution is -0.137. The largest absolute Gasteiger partial charge is 0.420 e. The fourth-order valence-electron chi connectivity index (χ4n) is 8.87. The van der Waals surface area contributed by atoms with Gasteiger partial charge in [0.15, 0.2) is 11.4 Å².